The average molecular weight is 319 g/mol. The molecule has 0 aromatic heterocycles. The van der Waals surface area contributed by atoms with Gasteiger partial charge in [0.2, 0.25) is 0 Å². The van der Waals surface area contributed by atoms with Gasteiger partial charge in [0.15, 0.2) is 9.84 Å². The van der Waals surface area contributed by atoms with Gasteiger partial charge in [-0.25, -0.2) is 8.42 Å². The first-order valence-corrected chi connectivity index (χ1v) is 8.47. The predicted molar refractivity (Wildman–Crippen MR) is 81.5 cm³/mol. The maximum absolute atomic E-state index is 11.8. The van der Waals surface area contributed by atoms with Crippen molar-refractivity contribution in [3.63, 3.8) is 0 Å². The summed E-state index contributed by atoms with van der Waals surface area (Å²) in [5.41, 5.74) is 6.61. The molecule has 0 spiro atoms. The number of nitrogens with two attached hydrogens (primary N) is 1. The van der Waals surface area contributed by atoms with Crippen LogP contribution in [0.3, 0.4) is 0 Å². The Kier molecular flexibility index (Phi) is 6.29. The van der Waals surface area contributed by atoms with Crippen LogP contribution < -0.4 is 11.1 Å². The Morgan fingerprint density at radius 3 is 2.70 bits per heavy atom. The highest BCUT2D eigenvalue weighted by Crippen LogP contribution is 2.09. The van der Waals surface area contributed by atoms with Crippen LogP contribution in [0.4, 0.5) is 5.69 Å². The second kappa shape index (κ2) is 7.50. The minimum atomic E-state index is -3.22. The molecule has 0 saturated carbocycles. The third kappa shape index (κ3) is 5.38. The molecule has 0 bridgehead atoms. The summed E-state index contributed by atoms with van der Waals surface area (Å²) in [5.74, 6) is -0.183. The zero-order chi connectivity index (χ0) is 15.2. The number of nitrogens with one attached hydrogen (secondary N) is 1. The van der Waals surface area contributed by atoms with Crippen molar-refractivity contribution in [3.05, 3.63) is 29.8 Å². The number of alkyl halides is 1. The van der Waals surface area contributed by atoms with Crippen molar-refractivity contribution in [2.45, 2.75) is 24.5 Å². The van der Waals surface area contributed by atoms with E-state index in [2.05, 4.69) is 5.32 Å². The third-order valence-electron chi connectivity index (χ3n) is 2.78. The summed E-state index contributed by atoms with van der Waals surface area (Å²) in [7, 11) is -3.22. The molecule has 7 heteroatoms. The lowest BCUT2D eigenvalue weighted by molar-refractivity contribution is 0.0953. The van der Waals surface area contributed by atoms with Crippen molar-refractivity contribution in [3.8, 4) is 0 Å². The first-order valence-electron chi connectivity index (χ1n) is 6.32. The Bertz CT molecular complexity index is 558. The fraction of sp³-hybridized carbons (Fsp3) is 0.462. The lowest BCUT2D eigenvalue weighted by Gasteiger charge is -2.07. The van der Waals surface area contributed by atoms with E-state index in [9.17, 15) is 13.2 Å². The predicted octanol–water partition coefficient (Wildman–Crippen LogP) is 1.78. The van der Waals surface area contributed by atoms with E-state index in [1.54, 1.807) is 24.3 Å². The molecule has 1 aromatic carbocycles. The van der Waals surface area contributed by atoms with Crippen LogP contribution in [0.1, 0.15) is 30.1 Å². The Hall–Kier alpha value is -1.27. The number of carbonyl (C=O) groups excluding carboxylic acids is 1. The van der Waals surface area contributed by atoms with Crippen LogP contribution in [0.25, 0.3) is 0 Å². The quantitative estimate of drug-likeness (QED) is 0.455. The molecule has 0 aliphatic rings. The molecule has 1 atom stereocenters. The van der Waals surface area contributed by atoms with Gasteiger partial charge in [0.05, 0.1) is 5.75 Å². The molecule has 0 saturated heterocycles. The SMILES string of the molecule is CC(Cl)S(=O)(=O)CCCCNC(=O)c1cccc(N)c1. The number of nitrogen functional groups attached to an aromatic ring is 1. The number of hydrogen-bond acceptors (Lipinski definition) is 4. The molecule has 1 amide bonds. The normalized spacial score (nSPS) is 12.9. The van der Waals surface area contributed by atoms with Crippen LogP contribution in [0, 0.1) is 0 Å². The zero-order valence-electron chi connectivity index (χ0n) is 11.3. The fourth-order valence-electron chi connectivity index (χ4n) is 1.57. The van der Waals surface area contributed by atoms with Crippen molar-refractivity contribution in [2.75, 3.05) is 18.0 Å². The van der Waals surface area contributed by atoms with Crippen LogP contribution in [0.5, 0.6) is 0 Å². The van der Waals surface area contributed by atoms with E-state index in [-0.39, 0.29) is 11.7 Å². The maximum atomic E-state index is 11.8. The largest absolute Gasteiger partial charge is 0.399 e. The number of rotatable bonds is 7. The number of halogens is 1. The molecule has 3 N–H and O–H groups in total. The third-order valence-corrected chi connectivity index (χ3v) is 5.45. The smallest absolute Gasteiger partial charge is 0.251 e. The Balaban J connectivity index is 2.30. The summed E-state index contributed by atoms with van der Waals surface area (Å²) >= 11 is 5.56. The Morgan fingerprint density at radius 2 is 2.10 bits per heavy atom. The van der Waals surface area contributed by atoms with Gasteiger partial charge in [0.25, 0.3) is 5.91 Å². The van der Waals surface area contributed by atoms with E-state index in [1.165, 1.54) is 6.92 Å². The molecular formula is C13H19ClN2O3S. The molecule has 0 aliphatic carbocycles. The van der Waals surface area contributed by atoms with Gasteiger partial charge < -0.3 is 11.1 Å². The number of amides is 1. The topological polar surface area (TPSA) is 89.3 Å². The minimum absolute atomic E-state index is 0.0336. The molecule has 0 aliphatic heterocycles. The first kappa shape index (κ1) is 16.8. The van der Waals surface area contributed by atoms with Gasteiger partial charge in [0.1, 0.15) is 4.71 Å². The van der Waals surface area contributed by atoms with E-state index in [0.717, 1.165) is 0 Å². The lowest BCUT2D eigenvalue weighted by atomic mass is 10.2. The van der Waals surface area contributed by atoms with Gasteiger partial charge in [-0.2, -0.15) is 0 Å². The van der Waals surface area contributed by atoms with Crippen molar-refractivity contribution >= 4 is 33.0 Å². The summed E-state index contributed by atoms with van der Waals surface area (Å²) in [5, 5.41) is 2.72. The Morgan fingerprint density at radius 1 is 1.40 bits per heavy atom. The minimum Gasteiger partial charge on any atom is -0.399 e. The van der Waals surface area contributed by atoms with Crippen molar-refractivity contribution in [1.29, 1.82) is 0 Å². The molecule has 0 radical (unpaired) electrons. The molecule has 5 nitrogen and oxygen atoms in total. The van der Waals surface area contributed by atoms with Gasteiger partial charge in [-0.15, -0.1) is 11.6 Å². The molecule has 0 heterocycles. The number of unbranched alkanes of at least 4 members (excludes halogenated alkanes) is 1. The van der Waals surface area contributed by atoms with Gasteiger partial charge >= 0.3 is 0 Å². The summed E-state index contributed by atoms with van der Waals surface area (Å²) < 4.78 is 22.0. The van der Waals surface area contributed by atoms with Gasteiger partial charge in [-0.1, -0.05) is 6.07 Å². The standard InChI is InChI=1S/C13H19ClN2O3S/c1-10(14)20(18,19)8-3-2-7-16-13(17)11-5-4-6-12(15)9-11/h4-6,9-10H,2-3,7-8,15H2,1H3,(H,16,17). The number of sulfone groups is 1. The van der Waals surface area contributed by atoms with Gasteiger partial charge in [-0.05, 0) is 38.0 Å². The van der Waals surface area contributed by atoms with E-state index >= 15 is 0 Å². The van der Waals surface area contributed by atoms with Crippen LogP contribution >= 0.6 is 11.6 Å². The van der Waals surface area contributed by atoms with Crippen molar-refractivity contribution in [2.24, 2.45) is 0 Å². The van der Waals surface area contributed by atoms with Crippen LogP contribution in [-0.4, -0.2) is 31.3 Å². The second-order valence-electron chi connectivity index (χ2n) is 4.50. The monoisotopic (exact) mass is 318 g/mol. The summed E-state index contributed by atoms with van der Waals surface area (Å²) in [6.07, 6.45) is 1.05. The number of benzene rings is 1. The molecule has 112 valence electrons. The van der Waals surface area contributed by atoms with E-state index < -0.39 is 14.5 Å². The highest BCUT2D eigenvalue weighted by molar-refractivity contribution is 7.93. The van der Waals surface area contributed by atoms with Crippen LogP contribution in [-0.2, 0) is 9.84 Å². The first-order chi connectivity index (χ1) is 9.33. The highest BCUT2D eigenvalue weighted by Gasteiger charge is 2.17. The number of anilines is 1. The highest BCUT2D eigenvalue weighted by atomic mass is 35.5. The van der Waals surface area contributed by atoms with Crippen molar-refractivity contribution < 1.29 is 13.2 Å². The summed E-state index contributed by atoms with van der Waals surface area (Å²) in [6, 6.07) is 6.67. The van der Waals surface area contributed by atoms with Gasteiger partial charge in [-0.3, -0.25) is 4.79 Å². The summed E-state index contributed by atoms with van der Waals surface area (Å²) in [6.45, 7) is 1.86. The van der Waals surface area contributed by atoms with Gasteiger partial charge in [0, 0.05) is 17.8 Å². The zero-order valence-corrected chi connectivity index (χ0v) is 12.9. The van der Waals surface area contributed by atoms with E-state index in [1.807, 2.05) is 0 Å². The maximum Gasteiger partial charge on any atom is 0.251 e. The fourth-order valence-corrected chi connectivity index (χ4v) is 2.77. The molecule has 1 rings (SSSR count). The lowest BCUT2D eigenvalue weighted by Crippen LogP contribution is -2.25. The number of hydrogen-bond donors (Lipinski definition) is 2. The molecular weight excluding hydrogens is 300 g/mol. The van der Waals surface area contributed by atoms with E-state index in [0.29, 0.717) is 30.6 Å². The average Bonchev–Trinajstić information content (AvgIpc) is 2.37. The van der Waals surface area contributed by atoms with Crippen LogP contribution in [0.2, 0.25) is 0 Å². The molecule has 20 heavy (non-hydrogen) atoms. The van der Waals surface area contributed by atoms with Crippen LogP contribution in [0.15, 0.2) is 24.3 Å². The van der Waals surface area contributed by atoms with Crippen molar-refractivity contribution in [1.82, 2.24) is 5.32 Å². The Labute approximate surface area is 124 Å². The molecule has 1 unspecified atom stereocenters. The summed E-state index contributed by atoms with van der Waals surface area (Å²) in [4.78, 5) is 11.8. The molecule has 0 fully saturated rings. The number of carbonyl (C=O) groups is 1. The molecule has 1 aromatic rings. The van der Waals surface area contributed by atoms with E-state index in [4.69, 9.17) is 17.3 Å². The second-order valence-corrected chi connectivity index (χ2v) is 7.85.